The molecule has 1 amide bonds. The van der Waals surface area contributed by atoms with Crippen LogP contribution in [-0.4, -0.2) is 29.9 Å². The maximum atomic E-state index is 12.3. The topological polar surface area (TPSA) is 46.3 Å². The van der Waals surface area contributed by atoms with Crippen LogP contribution < -0.4 is 5.73 Å². The number of carbonyl (C=O) groups excluding carboxylic acids is 1. The predicted molar refractivity (Wildman–Crippen MR) is 69.5 cm³/mol. The molecule has 3 heteroatoms. The minimum atomic E-state index is -0.000749. The van der Waals surface area contributed by atoms with Crippen LogP contribution in [0.4, 0.5) is 0 Å². The van der Waals surface area contributed by atoms with Crippen LogP contribution in [0, 0.1) is 11.8 Å². The quantitative estimate of drug-likeness (QED) is 0.797. The third-order valence-corrected chi connectivity index (χ3v) is 4.23. The fourth-order valence-electron chi connectivity index (χ4n) is 2.84. The summed E-state index contributed by atoms with van der Waals surface area (Å²) in [5.41, 5.74) is 5.62. The molecule has 98 valence electrons. The van der Waals surface area contributed by atoms with E-state index in [0.717, 1.165) is 12.5 Å². The lowest BCUT2D eigenvalue weighted by Crippen LogP contribution is -2.42. The van der Waals surface area contributed by atoms with Crippen molar-refractivity contribution in [3.63, 3.8) is 0 Å². The molecule has 2 aliphatic carbocycles. The summed E-state index contributed by atoms with van der Waals surface area (Å²) in [6.45, 7) is 3.43. The van der Waals surface area contributed by atoms with E-state index in [4.69, 9.17) is 5.73 Å². The Hall–Kier alpha value is -0.570. The van der Waals surface area contributed by atoms with Crippen molar-refractivity contribution < 1.29 is 4.79 Å². The third-order valence-electron chi connectivity index (χ3n) is 4.23. The maximum Gasteiger partial charge on any atom is 0.226 e. The first-order valence-corrected chi connectivity index (χ1v) is 7.23. The summed E-state index contributed by atoms with van der Waals surface area (Å²) >= 11 is 0. The Balaban J connectivity index is 1.89. The van der Waals surface area contributed by atoms with Crippen LogP contribution in [0.5, 0.6) is 0 Å². The Morgan fingerprint density at radius 3 is 2.41 bits per heavy atom. The fraction of sp³-hybridized carbons (Fsp3) is 0.929. The monoisotopic (exact) mass is 238 g/mol. The second kappa shape index (κ2) is 5.85. The lowest BCUT2D eigenvalue weighted by Gasteiger charge is -2.31. The van der Waals surface area contributed by atoms with Crippen molar-refractivity contribution >= 4 is 5.91 Å². The van der Waals surface area contributed by atoms with Crippen LogP contribution in [-0.2, 0) is 4.79 Å². The molecule has 0 aromatic heterocycles. The smallest absolute Gasteiger partial charge is 0.226 e. The van der Waals surface area contributed by atoms with Gasteiger partial charge in [-0.3, -0.25) is 4.79 Å². The predicted octanol–water partition coefficient (Wildman–Crippen LogP) is 2.15. The van der Waals surface area contributed by atoms with E-state index >= 15 is 0 Å². The maximum absolute atomic E-state index is 12.3. The minimum absolute atomic E-state index is 0.000749. The number of rotatable bonds is 5. The lowest BCUT2D eigenvalue weighted by molar-refractivity contribution is -0.136. The molecule has 2 rings (SSSR count). The summed E-state index contributed by atoms with van der Waals surface area (Å²) in [5, 5.41) is 0. The molecule has 1 unspecified atom stereocenters. The van der Waals surface area contributed by atoms with E-state index < -0.39 is 0 Å². The first-order valence-electron chi connectivity index (χ1n) is 7.23. The van der Waals surface area contributed by atoms with Crippen molar-refractivity contribution in [3.8, 4) is 0 Å². The van der Waals surface area contributed by atoms with Crippen LogP contribution in [0.3, 0.4) is 0 Å². The molecule has 0 aliphatic heterocycles. The lowest BCUT2D eigenvalue weighted by atomic mass is 9.88. The highest BCUT2D eigenvalue weighted by Crippen LogP contribution is 2.32. The minimum Gasteiger partial charge on any atom is -0.339 e. The molecule has 2 aliphatic rings. The second-order valence-electron chi connectivity index (χ2n) is 5.86. The van der Waals surface area contributed by atoms with Gasteiger partial charge in [-0.25, -0.2) is 0 Å². The van der Waals surface area contributed by atoms with Crippen molar-refractivity contribution in [2.24, 2.45) is 17.6 Å². The highest BCUT2D eigenvalue weighted by Gasteiger charge is 2.35. The van der Waals surface area contributed by atoms with Gasteiger partial charge in [-0.2, -0.15) is 0 Å². The van der Waals surface area contributed by atoms with Gasteiger partial charge in [0.2, 0.25) is 5.91 Å². The van der Waals surface area contributed by atoms with Crippen molar-refractivity contribution in [1.29, 1.82) is 0 Å². The molecule has 17 heavy (non-hydrogen) atoms. The molecule has 1 atom stereocenters. The first kappa shape index (κ1) is 12.9. The highest BCUT2D eigenvalue weighted by atomic mass is 16.2. The van der Waals surface area contributed by atoms with Gasteiger partial charge in [0.25, 0.3) is 0 Å². The van der Waals surface area contributed by atoms with Crippen LogP contribution in [0.25, 0.3) is 0 Å². The van der Waals surface area contributed by atoms with Gasteiger partial charge in [0.1, 0.15) is 0 Å². The van der Waals surface area contributed by atoms with Crippen molar-refractivity contribution in [3.05, 3.63) is 0 Å². The second-order valence-corrected chi connectivity index (χ2v) is 5.86. The molecular weight excluding hydrogens is 212 g/mol. The number of nitrogens with two attached hydrogens (primary N) is 1. The van der Waals surface area contributed by atoms with Gasteiger partial charge in [-0.1, -0.05) is 26.2 Å². The number of hydrogen-bond acceptors (Lipinski definition) is 2. The molecule has 2 N–H and O–H groups in total. The van der Waals surface area contributed by atoms with Gasteiger partial charge >= 0.3 is 0 Å². The summed E-state index contributed by atoms with van der Waals surface area (Å²) in [5.74, 6) is 1.04. The Morgan fingerprint density at radius 1 is 1.24 bits per heavy atom. The molecule has 0 saturated heterocycles. The largest absolute Gasteiger partial charge is 0.339 e. The molecule has 3 nitrogen and oxygen atoms in total. The molecule has 2 saturated carbocycles. The molecule has 0 heterocycles. The Labute approximate surface area is 105 Å². The van der Waals surface area contributed by atoms with Crippen LogP contribution in [0.15, 0.2) is 0 Å². The van der Waals surface area contributed by atoms with E-state index in [9.17, 15) is 4.79 Å². The molecular formula is C14H26N2O. The molecule has 0 spiro atoms. The molecule has 0 radical (unpaired) electrons. The normalized spacial score (nSPS) is 23.4. The number of carbonyl (C=O) groups is 1. The van der Waals surface area contributed by atoms with E-state index in [-0.39, 0.29) is 5.92 Å². The summed E-state index contributed by atoms with van der Waals surface area (Å²) in [4.78, 5) is 14.4. The van der Waals surface area contributed by atoms with Gasteiger partial charge in [0.05, 0.1) is 0 Å². The zero-order valence-corrected chi connectivity index (χ0v) is 11.0. The summed E-state index contributed by atoms with van der Waals surface area (Å²) in [6.07, 6.45) is 9.12. The van der Waals surface area contributed by atoms with E-state index in [0.29, 0.717) is 18.5 Å². The summed E-state index contributed by atoms with van der Waals surface area (Å²) in [6, 6.07) is 0.540. The Bertz CT molecular complexity index is 257. The fourth-order valence-corrected chi connectivity index (χ4v) is 2.84. The zero-order valence-electron chi connectivity index (χ0n) is 11.0. The van der Waals surface area contributed by atoms with Gasteiger partial charge in [-0.05, 0) is 31.6 Å². The zero-order chi connectivity index (χ0) is 12.3. The van der Waals surface area contributed by atoms with Gasteiger partial charge in [0, 0.05) is 25.0 Å². The van der Waals surface area contributed by atoms with Gasteiger partial charge in [-0.15, -0.1) is 0 Å². The van der Waals surface area contributed by atoms with E-state index in [1.54, 1.807) is 0 Å². The van der Waals surface area contributed by atoms with E-state index in [1.807, 2.05) is 6.92 Å². The highest BCUT2D eigenvalue weighted by molar-refractivity contribution is 5.79. The third kappa shape index (κ3) is 3.44. The first-order chi connectivity index (χ1) is 8.22. The van der Waals surface area contributed by atoms with E-state index in [2.05, 4.69) is 4.90 Å². The number of nitrogens with zero attached hydrogens (tertiary/aromatic N) is 1. The molecule has 2 fully saturated rings. The SMILES string of the molecule is CC(CN)C(=O)N(CC1CCCCC1)C1CC1. The summed E-state index contributed by atoms with van der Waals surface area (Å²) < 4.78 is 0. The average Bonchev–Trinajstić information content (AvgIpc) is 3.19. The van der Waals surface area contributed by atoms with Crippen molar-refractivity contribution in [2.75, 3.05) is 13.1 Å². The average molecular weight is 238 g/mol. The van der Waals surface area contributed by atoms with Crippen LogP contribution in [0.1, 0.15) is 51.9 Å². The number of amides is 1. The Morgan fingerprint density at radius 2 is 1.88 bits per heavy atom. The standard InChI is InChI=1S/C14H26N2O/c1-11(9-15)14(17)16(13-7-8-13)10-12-5-3-2-4-6-12/h11-13H,2-10,15H2,1H3. The summed E-state index contributed by atoms with van der Waals surface area (Å²) in [7, 11) is 0. The number of hydrogen-bond donors (Lipinski definition) is 1. The van der Waals surface area contributed by atoms with Crippen molar-refractivity contribution in [2.45, 2.75) is 57.9 Å². The van der Waals surface area contributed by atoms with Crippen molar-refractivity contribution in [1.82, 2.24) is 4.90 Å². The van der Waals surface area contributed by atoms with Gasteiger partial charge < -0.3 is 10.6 Å². The Kier molecular flexibility index (Phi) is 4.43. The molecule has 0 bridgehead atoms. The van der Waals surface area contributed by atoms with Gasteiger partial charge in [0.15, 0.2) is 0 Å². The van der Waals surface area contributed by atoms with Crippen LogP contribution >= 0.6 is 0 Å². The molecule has 0 aromatic rings. The van der Waals surface area contributed by atoms with Crippen LogP contribution in [0.2, 0.25) is 0 Å². The van der Waals surface area contributed by atoms with E-state index in [1.165, 1.54) is 44.9 Å². The molecule has 0 aromatic carbocycles.